The SMILES string of the molecule is COCCC(N)c1ncc(-c2cc(C)oc2C)[nH]1. The molecule has 0 saturated heterocycles. The van der Waals surface area contributed by atoms with Crippen LogP contribution in [0.3, 0.4) is 0 Å². The quantitative estimate of drug-likeness (QED) is 0.852. The molecule has 18 heavy (non-hydrogen) atoms. The number of hydrogen-bond acceptors (Lipinski definition) is 4. The van der Waals surface area contributed by atoms with E-state index in [1.54, 1.807) is 13.3 Å². The fraction of sp³-hybridized carbons (Fsp3) is 0.462. The van der Waals surface area contributed by atoms with Gasteiger partial charge in [0.15, 0.2) is 0 Å². The zero-order valence-corrected chi connectivity index (χ0v) is 11.0. The van der Waals surface area contributed by atoms with Gasteiger partial charge in [-0.2, -0.15) is 0 Å². The monoisotopic (exact) mass is 249 g/mol. The minimum atomic E-state index is -0.132. The lowest BCUT2D eigenvalue weighted by molar-refractivity contribution is 0.187. The fourth-order valence-electron chi connectivity index (χ4n) is 1.94. The van der Waals surface area contributed by atoms with Crippen molar-refractivity contribution >= 4 is 0 Å². The molecule has 98 valence electrons. The minimum absolute atomic E-state index is 0.132. The third kappa shape index (κ3) is 2.63. The van der Waals surface area contributed by atoms with E-state index in [1.165, 1.54) is 0 Å². The van der Waals surface area contributed by atoms with Gasteiger partial charge in [0, 0.05) is 19.3 Å². The molecule has 5 nitrogen and oxygen atoms in total. The molecule has 0 aliphatic heterocycles. The topological polar surface area (TPSA) is 77.1 Å². The van der Waals surface area contributed by atoms with Gasteiger partial charge in [-0.05, 0) is 26.3 Å². The Morgan fingerprint density at radius 3 is 2.89 bits per heavy atom. The van der Waals surface area contributed by atoms with Crippen LogP contribution in [-0.4, -0.2) is 23.7 Å². The first-order chi connectivity index (χ1) is 8.61. The van der Waals surface area contributed by atoms with Gasteiger partial charge in [0.1, 0.15) is 17.3 Å². The lowest BCUT2D eigenvalue weighted by Crippen LogP contribution is -2.14. The van der Waals surface area contributed by atoms with Crippen LogP contribution in [0.5, 0.6) is 0 Å². The van der Waals surface area contributed by atoms with Crippen LogP contribution in [-0.2, 0) is 4.74 Å². The molecule has 0 saturated carbocycles. The van der Waals surface area contributed by atoms with Crippen molar-refractivity contribution in [1.82, 2.24) is 9.97 Å². The van der Waals surface area contributed by atoms with Gasteiger partial charge >= 0.3 is 0 Å². The predicted octanol–water partition coefficient (Wildman–Crippen LogP) is 2.32. The van der Waals surface area contributed by atoms with E-state index in [1.807, 2.05) is 19.9 Å². The second-order valence-electron chi connectivity index (χ2n) is 4.40. The van der Waals surface area contributed by atoms with E-state index in [2.05, 4.69) is 9.97 Å². The summed E-state index contributed by atoms with van der Waals surface area (Å²) >= 11 is 0. The molecule has 0 fully saturated rings. The van der Waals surface area contributed by atoms with Crippen molar-refractivity contribution in [3.8, 4) is 11.3 Å². The Morgan fingerprint density at radius 1 is 1.50 bits per heavy atom. The van der Waals surface area contributed by atoms with Crippen LogP contribution in [0.2, 0.25) is 0 Å². The number of imidazole rings is 1. The van der Waals surface area contributed by atoms with Crippen molar-refractivity contribution in [2.45, 2.75) is 26.3 Å². The molecule has 2 aromatic rings. The van der Waals surface area contributed by atoms with Gasteiger partial charge in [-0.15, -0.1) is 0 Å². The summed E-state index contributed by atoms with van der Waals surface area (Å²) in [7, 11) is 1.66. The van der Waals surface area contributed by atoms with Crippen LogP contribution in [0.4, 0.5) is 0 Å². The Balaban J connectivity index is 2.17. The Labute approximate surface area is 106 Å². The number of furan rings is 1. The van der Waals surface area contributed by atoms with Crippen LogP contribution < -0.4 is 5.73 Å². The molecule has 5 heteroatoms. The smallest absolute Gasteiger partial charge is 0.123 e. The largest absolute Gasteiger partial charge is 0.466 e. The summed E-state index contributed by atoms with van der Waals surface area (Å²) in [5.41, 5.74) is 7.99. The molecule has 3 N–H and O–H groups in total. The highest BCUT2D eigenvalue weighted by atomic mass is 16.5. The van der Waals surface area contributed by atoms with Crippen molar-refractivity contribution < 1.29 is 9.15 Å². The molecule has 0 aliphatic carbocycles. The van der Waals surface area contributed by atoms with Gasteiger partial charge in [0.2, 0.25) is 0 Å². The summed E-state index contributed by atoms with van der Waals surface area (Å²) in [5.74, 6) is 2.55. The van der Waals surface area contributed by atoms with Crippen molar-refractivity contribution in [3.05, 3.63) is 29.6 Å². The Kier molecular flexibility index (Phi) is 3.84. The number of aromatic amines is 1. The number of hydrogen-bond donors (Lipinski definition) is 2. The number of H-pyrrole nitrogens is 1. The first-order valence-corrected chi connectivity index (χ1v) is 5.98. The number of aryl methyl sites for hydroxylation is 2. The molecule has 0 aromatic carbocycles. The summed E-state index contributed by atoms with van der Waals surface area (Å²) in [6, 6.07) is 1.86. The third-order valence-electron chi connectivity index (χ3n) is 2.91. The summed E-state index contributed by atoms with van der Waals surface area (Å²) in [5, 5.41) is 0. The first-order valence-electron chi connectivity index (χ1n) is 5.98. The van der Waals surface area contributed by atoms with Crippen molar-refractivity contribution in [2.75, 3.05) is 13.7 Å². The number of rotatable bonds is 5. The van der Waals surface area contributed by atoms with Crippen LogP contribution in [0.25, 0.3) is 11.3 Å². The highest BCUT2D eigenvalue weighted by molar-refractivity contribution is 5.61. The molecular formula is C13H19N3O2. The van der Waals surface area contributed by atoms with Crippen LogP contribution >= 0.6 is 0 Å². The van der Waals surface area contributed by atoms with Gasteiger partial charge in [0.25, 0.3) is 0 Å². The molecule has 2 rings (SSSR count). The van der Waals surface area contributed by atoms with E-state index in [9.17, 15) is 0 Å². The van der Waals surface area contributed by atoms with Crippen molar-refractivity contribution in [1.29, 1.82) is 0 Å². The maximum absolute atomic E-state index is 6.02. The number of nitrogens with one attached hydrogen (secondary N) is 1. The molecule has 0 amide bonds. The molecule has 0 bridgehead atoms. The minimum Gasteiger partial charge on any atom is -0.466 e. The maximum Gasteiger partial charge on any atom is 0.123 e. The second-order valence-corrected chi connectivity index (χ2v) is 4.40. The molecule has 0 aliphatic rings. The van der Waals surface area contributed by atoms with E-state index in [4.69, 9.17) is 14.9 Å². The Bertz CT molecular complexity index is 516. The first kappa shape index (κ1) is 12.9. The average molecular weight is 249 g/mol. The van der Waals surface area contributed by atoms with E-state index in [0.29, 0.717) is 6.61 Å². The van der Waals surface area contributed by atoms with Gasteiger partial charge in [-0.3, -0.25) is 0 Å². The average Bonchev–Trinajstić information content (AvgIpc) is 2.92. The van der Waals surface area contributed by atoms with E-state index >= 15 is 0 Å². The standard InChI is InChI=1S/C13H19N3O2/c1-8-6-10(9(2)18-8)12-7-15-13(16-12)11(14)4-5-17-3/h6-7,11H,4-5,14H2,1-3H3,(H,15,16). The summed E-state index contributed by atoms with van der Waals surface area (Å²) in [4.78, 5) is 7.56. The predicted molar refractivity (Wildman–Crippen MR) is 69.2 cm³/mol. The number of aromatic nitrogens is 2. The van der Waals surface area contributed by atoms with E-state index in [-0.39, 0.29) is 6.04 Å². The summed E-state index contributed by atoms with van der Waals surface area (Å²) in [6.07, 6.45) is 2.53. The van der Waals surface area contributed by atoms with Crippen LogP contribution in [0, 0.1) is 13.8 Å². The highest BCUT2D eigenvalue weighted by Crippen LogP contribution is 2.26. The molecule has 1 atom stereocenters. The Hall–Kier alpha value is -1.59. The molecule has 2 heterocycles. The molecule has 2 aromatic heterocycles. The summed E-state index contributed by atoms with van der Waals surface area (Å²) < 4.78 is 10.5. The van der Waals surface area contributed by atoms with Crippen molar-refractivity contribution in [2.24, 2.45) is 5.73 Å². The van der Waals surface area contributed by atoms with Crippen LogP contribution in [0.15, 0.2) is 16.7 Å². The molecule has 0 spiro atoms. The number of nitrogens with zero attached hydrogens (tertiary/aromatic N) is 1. The van der Waals surface area contributed by atoms with Gasteiger partial charge < -0.3 is 19.9 Å². The number of methoxy groups -OCH3 is 1. The lowest BCUT2D eigenvalue weighted by atomic mass is 10.2. The lowest BCUT2D eigenvalue weighted by Gasteiger charge is -2.07. The molecular weight excluding hydrogens is 230 g/mol. The second kappa shape index (κ2) is 5.37. The third-order valence-corrected chi connectivity index (χ3v) is 2.91. The Morgan fingerprint density at radius 2 is 2.28 bits per heavy atom. The zero-order chi connectivity index (χ0) is 13.1. The van der Waals surface area contributed by atoms with Gasteiger partial charge in [0.05, 0.1) is 17.9 Å². The van der Waals surface area contributed by atoms with Crippen molar-refractivity contribution in [3.63, 3.8) is 0 Å². The normalized spacial score (nSPS) is 12.9. The van der Waals surface area contributed by atoms with E-state index in [0.717, 1.165) is 35.0 Å². The number of ether oxygens (including phenoxy) is 1. The fourth-order valence-corrected chi connectivity index (χ4v) is 1.94. The van der Waals surface area contributed by atoms with Gasteiger partial charge in [-0.25, -0.2) is 4.98 Å². The highest BCUT2D eigenvalue weighted by Gasteiger charge is 2.13. The van der Waals surface area contributed by atoms with Gasteiger partial charge in [-0.1, -0.05) is 0 Å². The summed E-state index contributed by atoms with van der Waals surface area (Å²) in [6.45, 7) is 4.49. The molecule has 0 radical (unpaired) electrons. The van der Waals surface area contributed by atoms with E-state index < -0.39 is 0 Å². The molecule has 1 unspecified atom stereocenters. The maximum atomic E-state index is 6.02. The number of nitrogens with two attached hydrogens (primary N) is 1. The zero-order valence-electron chi connectivity index (χ0n) is 11.0. The van der Waals surface area contributed by atoms with Crippen LogP contribution in [0.1, 0.15) is 29.8 Å².